The molecule has 1 N–H and O–H groups in total. The van der Waals surface area contributed by atoms with Crippen molar-refractivity contribution >= 4 is 0 Å². The number of aliphatic hydroxyl groups is 1. The average molecular weight is 192 g/mol. The standard InChI is InChI=1S/C13H20O/c1-2-5-12-6-3-7-13(12)9-10(13)11(14)4-8-12/h2,10-11,14H,1,3-9H2/t10-,11-,12-,13-/m0/s1. The summed E-state index contributed by atoms with van der Waals surface area (Å²) in [6.45, 7) is 3.92. The normalized spacial score (nSPS) is 54.9. The van der Waals surface area contributed by atoms with Crippen LogP contribution < -0.4 is 0 Å². The molecule has 0 amide bonds. The summed E-state index contributed by atoms with van der Waals surface area (Å²) < 4.78 is 0. The zero-order valence-electron chi connectivity index (χ0n) is 8.84. The van der Waals surface area contributed by atoms with Crippen molar-refractivity contribution in [1.29, 1.82) is 0 Å². The molecule has 1 nitrogen and oxygen atoms in total. The number of rotatable bonds is 2. The maximum Gasteiger partial charge on any atom is 0.0574 e. The molecule has 0 bridgehead atoms. The molecule has 0 heterocycles. The van der Waals surface area contributed by atoms with Gasteiger partial charge in [0.15, 0.2) is 0 Å². The minimum Gasteiger partial charge on any atom is -0.393 e. The fourth-order valence-electron chi connectivity index (χ4n) is 4.67. The maximum absolute atomic E-state index is 9.92. The van der Waals surface area contributed by atoms with E-state index >= 15 is 0 Å². The topological polar surface area (TPSA) is 20.2 Å². The summed E-state index contributed by atoms with van der Waals surface area (Å²) >= 11 is 0. The minimum atomic E-state index is 0.0195. The van der Waals surface area contributed by atoms with E-state index in [1.54, 1.807) is 0 Å². The lowest BCUT2D eigenvalue weighted by Crippen LogP contribution is -2.36. The SMILES string of the molecule is C=CC[C@@]12CCC[C@@]13C[C@H]3[C@@H](O)CC2. The molecule has 3 aliphatic carbocycles. The van der Waals surface area contributed by atoms with Gasteiger partial charge in [0, 0.05) is 0 Å². The van der Waals surface area contributed by atoms with Crippen LogP contribution in [0.15, 0.2) is 12.7 Å². The molecule has 78 valence electrons. The lowest BCUT2D eigenvalue weighted by atomic mass is 9.64. The van der Waals surface area contributed by atoms with Gasteiger partial charge in [-0.3, -0.25) is 0 Å². The van der Waals surface area contributed by atoms with E-state index < -0.39 is 0 Å². The molecule has 0 saturated heterocycles. The fourth-order valence-corrected chi connectivity index (χ4v) is 4.67. The van der Waals surface area contributed by atoms with Crippen LogP contribution in [0.4, 0.5) is 0 Å². The van der Waals surface area contributed by atoms with E-state index in [1.165, 1.54) is 38.5 Å². The Morgan fingerprint density at radius 3 is 3.00 bits per heavy atom. The Kier molecular flexibility index (Phi) is 1.69. The van der Waals surface area contributed by atoms with Crippen LogP contribution in [0.2, 0.25) is 0 Å². The average Bonchev–Trinajstić information content (AvgIpc) is 2.79. The monoisotopic (exact) mass is 192 g/mol. The van der Waals surface area contributed by atoms with Crippen molar-refractivity contribution in [1.82, 2.24) is 0 Å². The summed E-state index contributed by atoms with van der Waals surface area (Å²) in [6, 6.07) is 0. The number of hydrogen-bond donors (Lipinski definition) is 1. The zero-order valence-corrected chi connectivity index (χ0v) is 8.84. The lowest BCUT2D eigenvalue weighted by Gasteiger charge is -2.41. The van der Waals surface area contributed by atoms with Crippen LogP contribution in [0, 0.1) is 16.7 Å². The van der Waals surface area contributed by atoms with Crippen molar-refractivity contribution in [2.75, 3.05) is 0 Å². The summed E-state index contributed by atoms with van der Waals surface area (Å²) in [7, 11) is 0. The highest BCUT2D eigenvalue weighted by atomic mass is 16.3. The lowest BCUT2D eigenvalue weighted by molar-refractivity contribution is 0.0202. The first-order valence-corrected chi connectivity index (χ1v) is 6.03. The van der Waals surface area contributed by atoms with Gasteiger partial charge >= 0.3 is 0 Å². The number of allylic oxidation sites excluding steroid dienone is 1. The van der Waals surface area contributed by atoms with E-state index in [0.717, 1.165) is 6.42 Å². The molecular formula is C13H20O. The molecule has 3 aliphatic rings. The number of aliphatic hydroxyl groups excluding tert-OH is 1. The summed E-state index contributed by atoms with van der Waals surface area (Å²) in [5.41, 5.74) is 1.11. The van der Waals surface area contributed by atoms with E-state index in [9.17, 15) is 5.11 Å². The van der Waals surface area contributed by atoms with Crippen molar-refractivity contribution in [3.8, 4) is 0 Å². The smallest absolute Gasteiger partial charge is 0.0574 e. The van der Waals surface area contributed by atoms with Gasteiger partial charge in [-0.15, -0.1) is 6.58 Å². The highest BCUT2D eigenvalue weighted by Crippen LogP contribution is 2.77. The summed E-state index contributed by atoms with van der Waals surface area (Å²) in [5, 5.41) is 9.92. The Balaban J connectivity index is 1.93. The Morgan fingerprint density at radius 1 is 1.36 bits per heavy atom. The van der Waals surface area contributed by atoms with Crippen molar-refractivity contribution in [2.24, 2.45) is 16.7 Å². The van der Waals surface area contributed by atoms with Crippen LogP contribution in [-0.2, 0) is 0 Å². The van der Waals surface area contributed by atoms with Gasteiger partial charge in [-0.1, -0.05) is 12.5 Å². The second-order valence-electron chi connectivity index (χ2n) is 5.70. The highest BCUT2D eigenvalue weighted by Gasteiger charge is 2.70. The molecule has 3 rings (SSSR count). The minimum absolute atomic E-state index is 0.0195. The molecule has 4 atom stereocenters. The third kappa shape index (κ3) is 0.850. The molecule has 14 heavy (non-hydrogen) atoms. The van der Waals surface area contributed by atoms with E-state index in [1.807, 2.05) is 0 Å². The van der Waals surface area contributed by atoms with Gasteiger partial charge in [-0.05, 0) is 55.3 Å². The van der Waals surface area contributed by atoms with Crippen LogP contribution in [-0.4, -0.2) is 11.2 Å². The Morgan fingerprint density at radius 2 is 2.21 bits per heavy atom. The molecule has 0 unspecified atom stereocenters. The molecule has 0 aliphatic heterocycles. The van der Waals surface area contributed by atoms with Crippen LogP contribution >= 0.6 is 0 Å². The van der Waals surface area contributed by atoms with Crippen LogP contribution in [0.25, 0.3) is 0 Å². The predicted molar refractivity (Wildman–Crippen MR) is 56.9 cm³/mol. The van der Waals surface area contributed by atoms with Crippen molar-refractivity contribution in [3.05, 3.63) is 12.7 Å². The first-order chi connectivity index (χ1) is 6.74. The van der Waals surface area contributed by atoms with Gasteiger partial charge < -0.3 is 5.11 Å². The van der Waals surface area contributed by atoms with E-state index in [-0.39, 0.29) is 6.10 Å². The summed E-state index contributed by atoms with van der Waals surface area (Å²) in [4.78, 5) is 0. The first-order valence-electron chi connectivity index (χ1n) is 6.03. The zero-order chi connectivity index (χ0) is 9.81. The quantitative estimate of drug-likeness (QED) is 0.667. The van der Waals surface area contributed by atoms with Gasteiger partial charge in [0.2, 0.25) is 0 Å². The van der Waals surface area contributed by atoms with Crippen molar-refractivity contribution < 1.29 is 5.11 Å². The predicted octanol–water partition coefficient (Wildman–Crippen LogP) is 2.89. The Bertz CT molecular complexity index is 272. The maximum atomic E-state index is 9.92. The van der Waals surface area contributed by atoms with Gasteiger partial charge in [-0.25, -0.2) is 0 Å². The molecular weight excluding hydrogens is 172 g/mol. The van der Waals surface area contributed by atoms with E-state index in [4.69, 9.17) is 0 Å². The second-order valence-corrected chi connectivity index (χ2v) is 5.70. The molecule has 0 radical (unpaired) electrons. The third-order valence-corrected chi connectivity index (χ3v) is 5.39. The Hall–Kier alpha value is -0.300. The van der Waals surface area contributed by atoms with E-state index in [0.29, 0.717) is 16.7 Å². The Labute approximate surface area is 86.2 Å². The summed E-state index contributed by atoms with van der Waals surface area (Å²) in [5.74, 6) is 0.652. The third-order valence-electron chi connectivity index (χ3n) is 5.39. The van der Waals surface area contributed by atoms with Gasteiger partial charge in [-0.2, -0.15) is 0 Å². The van der Waals surface area contributed by atoms with Crippen molar-refractivity contribution in [2.45, 2.75) is 51.0 Å². The van der Waals surface area contributed by atoms with Gasteiger partial charge in [0.05, 0.1) is 6.10 Å². The molecule has 3 saturated carbocycles. The fraction of sp³-hybridized carbons (Fsp3) is 0.846. The largest absolute Gasteiger partial charge is 0.393 e. The molecule has 1 heteroatoms. The summed E-state index contributed by atoms with van der Waals surface area (Å²) in [6.07, 6.45) is 11.1. The molecule has 0 aromatic rings. The molecule has 1 spiro atoms. The van der Waals surface area contributed by atoms with Gasteiger partial charge in [0.25, 0.3) is 0 Å². The highest BCUT2D eigenvalue weighted by molar-refractivity contribution is 5.21. The van der Waals surface area contributed by atoms with E-state index in [2.05, 4.69) is 12.7 Å². The second kappa shape index (κ2) is 2.63. The van der Waals surface area contributed by atoms with Crippen LogP contribution in [0.3, 0.4) is 0 Å². The first kappa shape index (κ1) is 8.96. The molecule has 0 aromatic heterocycles. The van der Waals surface area contributed by atoms with Crippen molar-refractivity contribution in [3.63, 3.8) is 0 Å². The van der Waals surface area contributed by atoms with Crippen LogP contribution in [0.1, 0.15) is 44.9 Å². The molecule has 3 fully saturated rings. The molecule has 0 aromatic carbocycles. The number of hydrogen-bond acceptors (Lipinski definition) is 1. The van der Waals surface area contributed by atoms with Crippen LogP contribution in [0.5, 0.6) is 0 Å². The van der Waals surface area contributed by atoms with Gasteiger partial charge in [0.1, 0.15) is 0 Å².